The van der Waals surface area contributed by atoms with E-state index in [1.807, 2.05) is 52.0 Å². The summed E-state index contributed by atoms with van der Waals surface area (Å²) in [5, 5.41) is 4.61. The molecule has 3 aromatic rings. The Balaban J connectivity index is 1.17. The van der Waals surface area contributed by atoms with Crippen molar-refractivity contribution < 1.29 is 14.3 Å². The van der Waals surface area contributed by atoms with Crippen molar-refractivity contribution in [3.63, 3.8) is 0 Å². The van der Waals surface area contributed by atoms with E-state index in [1.165, 1.54) is 0 Å². The molecule has 7 heteroatoms. The third-order valence-electron chi connectivity index (χ3n) is 5.27. The molecule has 0 N–H and O–H groups in total. The van der Waals surface area contributed by atoms with Gasteiger partial charge < -0.3 is 14.4 Å². The predicted octanol–water partition coefficient (Wildman–Crippen LogP) is 1.82. The predicted molar refractivity (Wildman–Crippen MR) is 103 cm³/mol. The molecule has 1 aromatic carbocycles. The Hall–Kier alpha value is -3.06. The smallest absolute Gasteiger partial charge is 0.267 e. The van der Waals surface area contributed by atoms with Crippen molar-refractivity contribution in [1.82, 2.24) is 19.4 Å². The van der Waals surface area contributed by atoms with Crippen molar-refractivity contribution in [2.24, 2.45) is 0 Å². The van der Waals surface area contributed by atoms with Crippen molar-refractivity contribution in [3.8, 4) is 11.5 Å². The van der Waals surface area contributed by atoms with Crippen LogP contribution in [-0.4, -0.2) is 64.2 Å². The number of pyridine rings is 1. The van der Waals surface area contributed by atoms with Gasteiger partial charge in [0.05, 0.1) is 11.2 Å². The first-order valence-electron chi connectivity index (χ1n) is 9.59. The maximum Gasteiger partial charge on any atom is 0.267 e. The summed E-state index contributed by atoms with van der Waals surface area (Å²) >= 11 is 0. The van der Waals surface area contributed by atoms with Crippen LogP contribution in [0.15, 0.2) is 54.7 Å². The van der Waals surface area contributed by atoms with Gasteiger partial charge in [0.25, 0.3) is 5.91 Å². The highest BCUT2D eigenvalue weighted by Gasteiger charge is 2.32. The number of nitrogens with zero attached hydrogens (tertiary/aromatic N) is 4. The zero-order chi connectivity index (χ0) is 18.9. The Morgan fingerprint density at radius 2 is 1.82 bits per heavy atom. The van der Waals surface area contributed by atoms with E-state index in [4.69, 9.17) is 9.47 Å². The standard InChI is InChI=1S/C21H22N4O3/c26-21(20-15-27-18-6-1-2-7-19(18)28-20)24-11-9-23(10-12-24)14-16-13-17-5-3-4-8-25(17)22-16/h1-8,13,20H,9-12,14-15H2. The number of benzene rings is 1. The highest BCUT2D eigenvalue weighted by Crippen LogP contribution is 2.31. The average Bonchev–Trinajstić information content (AvgIpc) is 3.16. The summed E-state index contributed by atoms with van der Waals surface area (Å²) in [6, 6.07) is 15.6. The zero-order valence-corrected chi connectivity index (χ0v) is 15.5. The summed E-state index contributed by atoms with van der Waals surface area (Å²) in [6.45, 7) is 4.08. The van der Waals surface area contributed by atoms with Crippen LogP contribution in [0.3, 0.4) is 0 Å². The number of piperazine rings is 1. The summed E-state index contributed by atoms with van der Waals surface area (Å²) in [6.07, 6.45) is 1.39. The van der Waals surface area contributed by atoms with E-state index < -0.39 is 6.10 Å². The summed E-state index contributed by atoms with van der Waals surface area (Å²) in [5.41, 5.74) is 2.15. The molecule has 2 aliphatic heterocycles. The molecule has 0 radical (unpaired) electrons. The molecule has 4 heterocycles. The Kier molecular flexibility index (Phi) is 4.37. The van der Waals surface area contributed by atoms with E-state index in [2.05, 4.69) is 22.1 Å². The topological polar surface area (TPSA) is 59.3 Å². The van der Waals surface area contributed by atoms with Crippen LogP contribution in [-0.2, 0) is 11.3 Å². The second-order valence-electron chi connectivity index (χ2n) is 7.17. The number of amides is 1. The maximum atomic E-state index is 12.8. The number of carbonyl (C=O) groups is 1. The monoisotopic (exact) mass is 378 g/mol. The normalized spacial score (nSPS) is 19.7. The first-order chi connectivity index (χ1) is 13.8. The third kappa shape index (κ3) is 3.29. The number of ether oxygens (including phenoxy) is 2. The molecule has 28 heavy (non-hydrogen) atoms. The minimum Gasteiger partial charge on any atom is -0.485 e. The molecule has 0 aliphatic carbocycles. The van der Waals surface area contributed by atoms with Crippen molar-refractivity contribution in [1.29, 1.82) is 0 Å². The van der Waals surface area contributed by atoms with Gasteiger partial charge in [-0.05, 0) is 30.3 Å². The molecule has 0 bridgehead atoms. The van der Waals surface area contributed by atoms with Crippen LogP contribution in [0.25, 0.3) is 5.52 Å². The number of para-hydroxylation sites is 2. The molecule has 1 saturated heterocycles. The van der Waals surface area contributed by atoms with E-state index in [-0.39, 0.29) is 12.5 Å². The van der Waals surface area contributed by atoms with Crippen LogP contribution in [0.4, 0.5) is 0 Å². The molecule has 1 amide bonds. The molecule has 144 valence electrons. The highest BCUT2D eigenvalue weighted by atomic mass is 16.6. The fourth-order valence-corrected chi connectivity index (χ4v) is 3.77. The lowest BCUT2D eigenvalue weighted by Crippen LogP contribution is -2.53. The third-order valence-corrected chi connectivity index (χ3v) is 5.27. The number of carbonyl (C=O) groups excluding carboxylic acids is 1. The number of rotatable bonds is 3. The Morgan fingerprint density at radius 3 is 2.64 bits per heavy atom. The molecule has 1 atom stereocenters. The van der Waals surface area contributed by atoms with E-state index in [0.717, 1.165) is 30.8 Å². The lowest BCUT2D eigenvalue weighted by Gasteiger charge is -2.36. The summed E-state index contributed by atoms with van der Waals surface area (Å²) < 4.78 is 13.4. The van der Waals surface area contributed by atoms with Crippen molar-refractivity contribution >= 4 is 11.4 Å². The van der Waals surface area contributed by atoms with Gasteiger partial charge >= 0.3 is 0 Å². The van der Waals surface area contributed by atoms with Gasteiger partial charge in [-0.2, -0.15) is 5.10 Å². The maximum absolute atomic E-state index is 12.8. The van der Waals surface area contributed by atoms with Crippen molar-refractivity contribution in [3.05, 3.63) is 60.4 Å². The lowest BCUT2D eigenvalue weighted by atomic mass is 10.2. The number of aromatic nitrogens is 2. The number of hydrogen-bond donors (Lipinski definition) is 0. The Morgan fingerprint density at radius 1 is 1.04 bits per heavy atom. The SMILES string of the molecule is O=C(C1COc2ccccc2O1)N1CCN(Cc2cc3ccccn3n2)CC1. The van der Waals surface area contributed by atoms with Crippen LogP contribution in [0.2, 0.25) is 0 Å². The van der Waals surface area contributed by atoms with Gasteiger partial charge in [-0.25, -0.2) is 4.52 Å². The second-order valence-corrected chi connectivity index (χ2v) is 7.17. The fourth-order valence-electron chi connectivity index (χ4n) is 3.77. The number of hydrogen-bond acceptors (Lipinski definition) is 5. The lowest BCUT2D eigenvalue weighted by molar-refractivity contribution is -0.143. The first kappa shape index (κ1) is 17.1. The summed E-state index contributed by atoms with van der Waals surface area (Å²) in [7, 11) is 0. The first-order valence-corrected chi connectivity index (χ1v) is 9.59. The van der Waals surface area contributed by atoms with E-state index >= 15 is 0 Å². The van der Waals surface area contributed by atoms with Gasteiger partial charge in [-0.15, -0.1) is 0 Å². The molecule has 7 nitrogen and oxygen atoms in total. The van der Waals surface area contributed by atoms with Gasteiger partial charge in [-0.1, -0.05) is 18.2 Å². The van der Waals surface area contributed by atoms with E-state index in [0.29, 0.717) is 24.6 Å². The molecule has 1 unspecified atom stereocenters. The van der Waals surface area contributed by atoms with Gasteiger partial charge in [0.15, 0.2) is 11.5 Å². The zero-order valence-electron chi connectivity index (χ0n) is 15.5. The molecule has 5 rings (SSSR count). The quantitative estimate of drug-likeness (QED) is 0.696. The van der Waals surface area contributed by atoms with E-state index in [9.17, 15) is 4.79 Å². The molecule has 0 spiro atoms. The average molecular weight is 378 g/mol. The summed E-state index contributed by atoms with van der Waals surface area (Å²) in [4.78, 5) is 17.0. The van der Waals surface area contributed by atoms with Crippen LogP contribution in [0.1, 0.15) is 5.69 Å². The largest absolute Gasteiger partial charge is 0.485 e. The molecular formula is C21H22N4O3. The summed E-state index contributed by atoms with van der Waals surface area (Å²) in [5.74, 6) is 1.34. The van der Waals surface area contributed by atoms with Crippen molar-refractivity contribution in [2.75, 3.05) is 32.8 Å². The Labute approximate surface area is 163 Å². The number of fused-ring (bicyclic) bond motifs is 2. The molecule has 2 aliphatic rings. The molecule has 2 aromatic heterocycles. The van der Waals surface area contributed by atoms with Crippen molar-refractivity contribution in [2.45, 2.75) is 12.6 Å². The molecule has 1 fully saturated rings. The highest BCUT2D eigenvalue weighted by molar-refractivity contribution is 5.82. The van der Waals surface area contributed by atoms with Gasteiger partial charge in [0, 0.05) is 38.9 Å². The van der Waals surface area contributed by atoms with Crippen LogP contribution in [0, 0.1) is 0 Å². The Bertz CT molecular complexity index is 961. The van der Waals surface area contributed by atoms with Crippen LogP contribution < -0.4 is 9.47 Å². The molecular weight excluding hydrogens is 356 g/mol. The van der Waals surface area contributed by atoms with Crippen LogP contribution >= 0.6 is 0 Å². The van der Waals surface area contributed by atoms with Crippen LogP contribution in [0.5, 0.6) is 11.5 Å². The van der Waals surface area contributed by atoms with Gasteiger partial charge in [-0.3, -0.25) is 9.69 Å². The minimum absolute atomic E-state index is 0.00174. The molecule has 0 saturated carbocycles. The minimum atomic E-state index is -0.570. The fraction of sp³-hybridized carbons (Fsp3) is 0.333. The van der Waals surface area contributed by atoms with E-state index in [1.54, 1.807) is 0 Å². The van der Waals surface area contributed by atoms with Gasteiger partial charge in [0.1, 0.15) is 6.61 Å². The van der Waals surface area contributed by atoms with Gasteiger partial charge in [0.2, 0.25) is 6.10 Å². The second kappa shape index (κ2) is 7.16.